The summed E-state index contributed by atoms with van der Waals surface area (Å²) < 4.78 is 70.9. The number of aliphatic hydroxyl groups is 2. The topological polar surface area (TPSA) is 127 Å². The van der Waals surface area contributed by atoms with E-state index >= 15 is 0 Å². The van der Waals surface area contributed by atoms with E-state index in [1.54, 1.807) is 0 Å². The number of carbonyl (C=O) groups excluding carboxylic acids is 1. The number of aromatic nitrogens is 3. The van der Waals surface area contributed by atoms with Crippen molar-refractivity contribution in [1.29, 1.82) is 0 Å². The molecule has 3 N–H and O–H groups in total. The van der Waals surface area contributed by atoms with Crippen molar-refractivity contribution < 1.29 is 41.7 Å². The summed E-state index contributed by atoms with van der Waals surface area (Å²) in [7, 11) is 0. The van der Waals surface area contributed by atoms with Gasteiger partial charge in [-0.3, -0.25) is 14.3 Å². The molecule has 0 bridgehead atoms. The highest BCUT2D eigenvalue weighted by molar-refractivity contribution is 6.03. The van der Waals surface area contributed by atoms with Gasteiger partial charge >= 0.3 is 17.8 Å². The van der Waals surface area contributed by atoms with Gasteiger partial charge in [0, 0.05) is 12.4 Å². The predicted octanol–water partition coefficient (Wildman–Crippen LogP) is 0.795. The van der Waals surface area contributed by atoms with Crippen LogP contribution < -0.4 is 11.0 Å². The van der Waals surface area contributed by atoms with Gasteiger partial charge in [0.15, 0.2) is 6.10 Å². The number of amides is 1. The van der Waals surface area contributed by atoms with Gasteiger partial charge in [-0.25, -0.2) is 4.79 Å². The van der Waals surface area contributed by atoms with E-state index in [0.717, 1.165) is 18.3 Å². The van der Waals surface area contributed by atoms with Crippen molar-refractivity contribution in [3.8, 4) is 0 Å². The molecule has 1 aliphatic heterocycles. The van der Waals surface area contributed by atoms with Crippen molar-refractivity contribution in [2.24, 2.45) is 0 Å². The van der Waals surface area contributed by atoms with E-state index in [4.69, 9.17) is 9.84 Å². The normalized spacial score (nSPS) is 23.4. The third-order valence-corrected chi connectivity index (χ3v) is 4.20. The van der Waals surface area contributed by atoms with Gasteiger partial charge in [0.1, 0.15) is 17.6 Å². The van der Waals surface area contributed by atoms with Crippen LogP contribution in [0.3, 0.4) is 0 Å². The minimum atomic E-state index is -4.69. The third kappa shape index (κ3) is 4.01. The molecule has 14 heteroatoms. The van der Waals surface area contributed by atoms with E-state index in [2.05, 4.69) is 15.3 Å². The van der Waals surface area contributed by atoms with Crippen molar-refractivity contribution in [3.63, 3.8) is 0 Å². The first-order chi connectivity index (χ1) is 13.9. The first-order valence-corrected chi connectivity index (χ1v) is 8.21. The average Bonchev–Trinajstić information content (AvgIpc) is 2.90. The Bertz CT molecular complexity index is 995. The van der Waals surface area contributed by atoms with Crippen molar-refractivity contribution in [2.45, 2.75) is 30.5 Å². The van der Waals surface area contributed by atoms with Crippen LogP contribution >= 0.6 is 0 Å². The number of rotatable bonds is 4. The Balaban J connectivity index is 1.78. The number of anilines is 1. The zero-order valence-corrected chi connectivity index (χ0v) is 14.7. The number of aliphatic hydroxyl groups excluding tert-OH is 2. The number of alkyl halides is 5. The molecule has 1 aliphatic rings. The Hall–Kier alpha value is -2.97. The SMILES string of the molecule is O=C(Nc1ccn([C@@H]2O[C@H](CO)[C@@H](O)C2(F)F)c(=O)n1)c1ccc(C(F)(F)F)nc1. The van der Waals surface area contributed by atoms with E-state index in [1.807, 2.05) is 0 Å². The molecule has 0 unspecified atom stereocenters. The Labute approximate surface area is 163 Å². The maximum absolute atomic E-state index is 14.1. The number of hydrogen-bond donors (Lipinski definition) is 3. The minimum Gasteiger partial charge on any atom is -0.394 e. The third-order valence-electron chi connectivity index (χ3n) is 4.20. The van der Waals surface area contributed by atoms with Gasteiger partial charge in [0.05, 0.1) is 12.2 Å². The molecule has 1 fully saturated rings. The van der Waals surface area contributed by atoms with Crippen molar-refractivity contribution in [3.05, 3.63) is 52.3 Å². The zero-order chi connectivity index (χ0) is 22.3. The lowest BCUT2D eigenvalue weighted by Crippen LogP contribution is -2.41. The molecule has 3 atom stereocenters. The van der Waals surface area contributed by atoms with Crippen molar-refractivity contribution in [1.82, 2.24) is 14.5 Å². The molecule has 0 aliphatic carbocycles. The van der Waals surface area contributed by atoms with Crippen LogP contribution in [0.2, 0.25) is 0 Å². The van der Waals surface area contributed by atoms with Crippen LogP contribution in [-0.4, -0.2) is 55.4 Å². The molecule has 9 nitrogen and oxygen atoms in total. The van der Waals surface area contributed by atoms with Crippen LogP contribution in [0.5, 0.6) is 0 Å². The molecular weight excluding hydrogens is 423 g/mol. The molecule has 0 saturated carbocycles. The molecule has 162 valence electrons. The molecule has 1 saturated heterocycles. The summed E-state index contributed by atoms with van der Waals surface area (Å²) in [4.78, 5) is 30.7. The summed E-state index contributed by atoms with van der Waals surface area (Å²) in [6.45, 7) is -0.912. The monoisotopic (exact) mass is 436 g/mol. The van der Waals surface area contributed by atoms with Crippen LogP contribution in [0.1, 0.15) is 22.3 Å². The molecule has 0 radical (unpaired) electrons. The second-order valence-electron chi connectivity index (χ2n) is 6.22. The molecule has 0 spiro atoms. The lowest BCUT2D eigenvalue weighted by atomic mass is 10.1. The highest BCUT2D eigenvalue weighted by Gasteiger charge is 2.59. The highest BCUT2D eigenvalue weighted by Crippen LogP contribution is 2.42. The van der Waals surface area contributed by atoms with Gasteiger partial charge < -0.3 is 20.3 Å². The van der Waals surface area contributed by atoms with Crippen LogP contribution in [0, 0.1) is 0 Å². The smallest absolute Gasteiger partial charge is 0.394 e. The summed E-state index contributed by atoms with van der Waals surface area (Å²) in [5, 5.41) is 20.6. The van der Waals surface area contributed by atoms with Gasteiger partial charge in [0.2, 0.25) is 6.23 Å². The van der Waals surface area contributed by atoms with Crippen LogP contribution in [0.4, 0.5) is 27.8 Å². The van der Waals surface area contributed by atoms with Gasteiger partial charge in [-0.05, 0) is 18.2 Å². The Morgan fingerprint density at radius 2 is 2.00 bits per heavy atom. The summed E-state index contributed by atoms with van der Waals surface area (Å²) in [6, 6.07) is 2.41. The van der Waals surface area contributed by atoms with Gasteiger partial charge in [-0.1, -0.05) is 0 Å². The first-order valence-electron chi connectivity index (χ1n) is 8.21. The van der Waals surface area contributed by atoms with E-state index in [1.165, 1.54) is 0 Å². The number of halogens is 5. The Morgan fingerprint density at radius 3 is 2.50 bits per heavy atom. The average molecular weight is 436 g/mol. The second-order valence-corrected chi connectivity index (χ2v) is 6.22. The van der Waals surface area contributed by atoms with Crippen molar-refractivity contribution in [2.75, 3.05) is 11.9 Å². The standard InChI is InChI=1S/C16H13F5N4O5/c17-15(18)11(27)8(6-26)30-13(15)25-4-3-10(24-14(25)29)23-12(28)7-1-2-9(22-5-7)16(19,20)21/h1-5,8,11,13,26-27H,6H2,(H,23,24,28,29)/t8-,11-,13-/m1/s1. The quantitative estimate of drug-likeness (QED) is 0.605. The fourth-order valence-electron chi connectivity index (χ4n) is 2.66. The molecule has 30 heavy (non-hydrogen) atoms. The molecule has 0 aromatic carbocycles. The number of ether oxygens (including phenoxy) is 1. The molecule has 3 heterocycles. The molecule has 1 amide bonds. The molecule has 2 aromatic rings. The maximum atomic E-state index is 14.1. The largest absolute Gasteiger partial charge is 0.433 e. The maximum Gasteiger partial charge on any atom is 0.433 e. The Kier molecular flexibility index (Phi) is 5.58. The predicted molar refractivity (Wildman–Crippen MR) is 87.6 cm³/mol. The van der Waals surface area contributed by atoms with E-state index in [0.29, 0.717) is 16.8 Å². The minimum absolute atomic E-state index is 0.270. The zero-order valence-electron chi connectivity index (χ0n) is 14.7. The highest BCUT2D eigenvalue weighted by atomic mass is 19.4. The Morgan fingerprint density at radius 1 is 1.30 bits per heavy atom. The number of nitrogens with zero attached hydrogens (tertiary/aromatic N) is 3. The number of nitrogens with one attached hydrogen (secondary N) is 1. The lowest BCUT2D eigenvalue weighted by Gasteiger charge is -2.21. The summed E-state index contributed by atoms with van der Waals surface area (Å²) >= 11 is 0. The number of carbonyl (C=O) groups is 1. The summed E-state index contributed by atoms with van der Waals surface area (Å²) in [5.41, 5.74) is -2.75. The fraction of sp³-hybridized carbons (Fsp3) is 0.375. The lowest BCUT2D eigenvalue weighted by molar-refractivity contribution is -0.141. The number of hydrogen-bond acceptors (Lipinski definition) is 7. The first kappa shape index (κ1) is 21.7. The van der Waals surface area contributed by atoms with E-state index in [-0.39, 0.29) is 11.4 Å². The van der Waals surface area contributed by atoms with Crippen molar-refractivity contribution >= 4 is 11.7 Å². The second kappa shape index (κ2) is 7.70. The summed E-state index contributed by atoms with van der Waals surface area (Å²) in [5.74, 6) is -5.23. The van der Waals surface area contributed by atoms with Crippen LogP contribution in [-0.2, 0) is 10.9 Å². The van der Waals surface area contributed by atoms with Gasteiger partial charge in [-0.15, -0.1) is 0 Å². The van der Waals surface area contributed by atoms with E-state index < -0.39 is 54.4 Å². The van der Waals surface area contributed by atoms with Crippen LogP contribution in [0.15, 0.2) is 35.4 Å². The molecular formula is C16H13F5N4O5. The van der Waals surface area contributed by atoms with Crippen LogP contribution in [0.25, 0.3) is 0 Å². The molecule has 2 aromatic heterocycles. The fourth-order valence-corrected chi connectivity index (χ4v) is 2.66. The number of pyridine rings is 1. The van der Waals surface area contributed by atoms with E-state index in [9.17, 15) is 36.6 Å². The summed E-state index contributed by atoms with van der Waals surface area (Å²) in [6.07, 6.45) is -9.42. The van der Waals surface area contributed by atoms with Gasteiger partial charge in [-0.2, -0.15) is 26.9 Å². The molecule has 3 rings (SSSR count). The van der Waals surface area contributed by atoms with Gasteiger partial charge in [0.25, 0.3) is 5.91 Å².